The molecule has 5 nitrogen and oxygen atoms in total. The number of nitrogens with two attached hydrogens (primary N) is 1. The molecule has 2 heterocycles. The van der Waals surface area contributed by atoms with E-state index in [2.05, 4.69) is 9.97 Å². The molecular weight excluding hydrogens is 286 g/mol. The van der Waals surface area contributed by atoms with Gasteiger partial charge in [0, 0.05) is 12.4 Å². The fourth-order valence-electron chi connectivity index (χ4n) is 1.28. The fraction of sp³-hybridized carbons (Fsp3) is 0.200. The van der Waals surface area contributed by atoms with Crippen molar-refractivity contribution in [2.75, 3.05) is 0 Å². The number of aromatic nitrogens is 2. The number of nitrogens with one attached hydrogen (secondary N) is 1. The molecule has 2 aromatic heterocycles. The van der Waals surface area contributed by atoms with E-state index in [1.54, 1.807) is 24.5 Å². The van der Waals surface area contributed by atoms with Gasteiger partial charge in [-0.1, -0.05) is 7.43 Å². The normalized spacial score (nSPS) is 8.05. The highest BCUT2D eigenvalue weighted by molar-refractivity contribution is 5.93. The lowest BCUT2D eigenvalue weighted by Crippen LogP contribution is -2.12. The van der Waals surface area contributed by atoms with Gasteiger partial charge in [0.2, 0.25) is 0 Å². The summed E-state index contributed by atoms with van der Waals surface area (Å²) >= 11 is 0. The van der Waals surface area contributed by atoms with Crippen molar-refractivity contribution < 1.29 is 0 Å². The quantitative estimate of drug-likeness (QED) is 0.625. The van der Waals surface area contributed by atoms with Crippen molar-refractivity contribution in [3.63, 3.8) is 0 Å². The molecule has 0 spiro atoms. The van der Waals surface area contributed by atoms with Crippen LogP contribution in [-0.4, -0.2) is 15.8 Å². The Morgan fingerprint density at radius 3 is 2.00 bits per heavy atom. The maximum absolute atomic E-state index is 8.35. The molecule has 0 aliphatic rings. The van der Waals surface area contributed by atoms with E-state index in [1.165, 1.54) is 0 Å². The maximum atomic E-state index is 8.35. The molecule has 0 saturated heterocycles. The molecule has 0 unspecified atom stereocenters. The molecule has 0 amide bonds. The van der Waals surface area contributed by atoms with Gasteiger partial charge in [0.1, 0.15) is 23.3 Å². The number of halogens is 1. The molecule has 0 aliphatic heterocycles. The van der Waals surface area contributed by atoms with Gasteiger partial charge in [0.05, 0.1) is 0 Å². The second-order valence-electron chi connectivity index (χ2n) is 3.96. The average Bonchev–Trinajstić information content (AvgIpc) is 2.39. The van der Waals surface area contributed by atoms with Gasteiger partial charge in [-0.25, -0.2) is 4.98 Å². The molecule has 0 atom stereocenters. The van der Waals surface area contributed by atoms with Crippen LogP contribution in [0.15, 0.2) is 36.7 Å². The van der Waals surface area contributed by atoms with Crippen LogP contribution in [0, 0.1) is 30.6 Å². The Bertz CT molecular complexity index is 619. The summed E-state index contributed by atoms with van der Waals surface area (Å²) in [5.41, 5.74) is 8.37. The standard InChI is InChI=1S/C7H9N3.C7H6N2.CH4.ClH/c1-5-2-3-10-6(4-5)7(8)9;1-6-2-3-9-7(4-6)5-8;;/h2-4H,1H3,(H3,8,9);2-4H,1H3;1H4;1H. The zero-order valence-corrected chi connectivity index (χ0v) is 12.1. The van der Waals surface area contributed by atoms with Crippen LogP contribution in [0.3, 0.4) is 0 Å². The maximum Gasteiger partial charge on any atom is 0.141 e. The minimum absolute atomic E-state index is 0. The number of aryl methyl sites for hydroxylation is 2. The van der Waals surface area contributed by atoms with Gasteiger partial charge in [-0.15, -0.1) is 12.4 Å². The summed E-state index contributed by atoms with van der Waals surface area (Å²) in [4.78, 5) is 7.69. The van der Waals surface area contributed by atoms with Crippen LogP contribution in [-0.2, 0) is 0 Å². The number of rotatable bonds is 1. The van der Waals surface area contributed by atoms with Crippen LogP contribution >= 0.6 is 12.4 Å². The number of nitrogens with zero attached hydrogens (tertiary/aromatic N) is 3. The Balaban J connectivity index is 0. The van der Waals surface area contributed by atoms with E-state index in [1.807, 2.05) is 32.0 Å². The first kappa shape index (κ1) is 20.9. The Hall–Kier alpha value is -2.45. The average molecular weight is 306 g/mol. The predicted molar refractivity (Wildman–Crippen MR) is 87.7 cm³/mol. The summed E-state index contributed by atoms with van der Waals surface area (Å²) in [5.74, 6) is 0.0173. The largest absolute Gasteiger partial charge is 0.382 e. The monoisotopic (exact) mass is 305 g/mol. The predicted octanol–water partition coefficient (Wildman–Crippen LogP) is 2.99. The minimum atomic E-state index is 0. The highest BCUT2D eigenvalue weighted by atomic mass is 35.5. The summed E-state index contributed by atoms with van der Waals surface area (Å²) in [7, 11) is 0. The second kappa shape index (κ2) is 10.4. The summed E-state index contributed by atoms with van der Waals surface area (Å²) in [6.07, 6.45) is 3.28. The van der Waals surface area contributed by atoms with Crippen molar-refractivity contribution >= 4 is 18.2 Å². The van der Waals surface area contributed by atoms with Crippen LogP contribution in [0.2, 0.25) is 0 Å². The van der Waals surface area contributed by atoms with Gasteiger partial charge >= 0.3 is 0 Å². The molecule has 0 fully saturated rings. The van der Waals surface area contributed by atoms with E-state index in [0.717, 1.165) is 11.1 Å². The molecule has 0 aromatic carbocycles. The fourth-order valence-corrected chi connectivity index (χ4v) is 1.28. The van der Waals surface area contributed by atoms with E-state index in [9.17, 15) is 0 Å². The first-order chi connectivity index (χ1) is 9.02. The zero-order chi connectivity index (χ0) is 14.3. The van der Waals surface area contributed by atoms with Crippen LogP contribution in [0.25, 0.3) is 0 Å². The number of amidine groups is 1. The zero-order valence-electron chi connectivity index (χ0n) is 11.3. The smallest absolute Gasteiger partial charge is 0.141 e. The third-order valence-corrected chi connectivity index (χ3v) is 2.22. The number of pyridine rings is 2. The number of nitrogen functional groups attached to an aromatic ring is 1. The lowest BCUT2D eigenvalue weighted by atomic mass is 10.2. The molecule has 112 valence electrons. The third-order valence-electron chi connectivity index (χ3n) is 2.22. The topological polar surface area (TPSA) is 99.4 Å². The van der Waals surface area contributed by atoms with Crippen LogP contribution in [0.4, 0.5) is 0 Å². The summed E-state index contributed by atoms with van der Waals surface area (Å²) < 4.78 is 0. The molecule has 3 N–H and O–H groups in total. The van der Waals surface area contributed by atoms with E-state index in [0.29, 0.717) is 11.4 Å². The van der Waals surface area contributed by atoms with Crippen molar-refractivity contribution in [2.45, 2.75) is 21.3 Å². The van der Waals surface area contributed by atoms with Crippen LogP contribution in [0.5, 0.6) is 0 Å². The summed E-state index contributed by atoms with van der Waals surface area (Å²) in [5, 5.41) is 15.4. The number of hydrogen-bond acceptors (Lipinski definition) is 4. The Morgan fingerprint density at radius 2 is 1.67 bits per heavy atom. The number of hydrogen-bond donors (Lipinski definition) is 2. The SMILES string of the molecule is C.Cc1ccnc(C#N)c1.Cc1ccnc(C(=N)N)c1.Cl. The van der Waals surface area contributed by atoms with Crippen molar-refractivity contribution in [3.8, 4) is 6.07 Å². The van der Waals surface area contributed by atoms with E-state index in [4.69, 9.17) is 16.4 Å². The Kier molecular flexibility index (Phi) is 10.3. The van der Waals surface area contributed by atoms with Gasteiger partial charge < -0.3 is 5.73 Å². The van der Waals surface area contributed by atoms with Gasteiger partial charge in [-0.05, 0) is 49.2 Å². The molecule has 0 saturated carbocycles. The van der Waals surface area contributed by atoms with Crippen molar-refractivity contribution in [3.05, 3.63) is 59.2 Å². The first-order valence-corrected chi connectivity index (χ1v) is 5.62. The van der Waals surface area contributed by atoms with E-state index >= 15 is 0 Å². The van der Waals surface area contributed by atoms with Crippen molar-refractivity contribution in [2.24, 2.45) is 5.73 Å². The molecule has 0 radical (unpaired) electrons. The van der Waals surface area contributed by atoms with E-state index in [-0.39, 0.29) is 25.7 Å². The van der Waals surface area contributed by atoms with Gasteiger partial charge in [0.25, 0.3) is 0 Å². The molecular formula is C15H20ClN5. The lowest BCUT2D eigenvalue weighted by Gasteiger charge is -1.96. The van der Waals surface area contributed by atoms with Gasteiger partial charge in [-0.3, -0.25) is 10.4 Å². The van der Waals surface area contributed by atoms with E-state index < -0.39 is 0 Å². The second-order valence-corrected chi connectivity index (χ2v) is 3.96. The van der Waals surface area contributed by atoms with Gasteiger partial charge in [0.15, 0.2) is 0 Å². The molecule has 21 heavy (non-hydrogen) atoms. The molecule has 0 aliphatic carbocycles. The highest BCUT2D eigenvalue weighted by Gasteiger charge is 1.95. The Labute approximate surface area is 131 Å². The molecule has 2 aromatic rings. The minimum Gasteiger partial charge on any atom is -0.382 e. The van der Waals surface area contributed by atoms with Crippen LogP contribution < -0.4 is 5.73 Å². The summed E-state index contributed by atoms with van der Waals surface area (Å²) in [6, 6.07) is 9.22. The number of nitriles is 1. The third kappa shape index (κ3) is 7.65. The summed E-state index contributed by atoms with van der Waals surface area (Å²) in [6.45, 7) is 3.87. The molecule has 2 rings (SSSR count). The molecule has 0 bridgehead atoms. The first-order valence-electron chi connectivity index (χ1n) is 5.62. The van der Waals surface area contributed by atoms with Crippen molar-refractivity contribution in [1.29, 1.82) is 10.7 Å². The van der Waals surface area contributed by atoms with Crippen LogP contribution in [0.1, 0.15) is 29.9 Å². The molecule has 6 heteroatoms. The highest BCUT2D eigenvalue weighted by Crippen LogP contribution is 1.97. The van der Waals surface area contributed by atoms with Gasteiger partial charge in [-0.2, -0.15) is 5.26 Å². The lowest BCUT2D eigenvalue weighted by molar-refractivity contribution is 1.23. The Morgan fingerprint density at radius 1 is 1.14 bits per heavy atom. The van der Waals surface area contributed by atoms with Crippen molar-refractivity contribution in [1.82, 2.24) is 9.97 Å².